The van der Waals surface area contributed by atoms with E-state index >= 15 is 0 Å². The molecule has 0 radical (unpaired) electrons. The Morgan fingerprint density at radius 3 is 2.35 bits per heavy atom. The molecule has 0 atom stereocenters. The molecular weight excluding hydrogens is 348 g/mol. The van der Waals surface area contributed by atoms with Crippen LogP contribution in [0.4, 0.5) is 0 Å². The largest absolute Gasteiger partial charge is 0.497 e. The summed E-state index contributed by atoms with van der Waals surface area (Å²) in [5.74, 6) is 0.609. The van der Waals surface area contributed by atoms with Gasteiger partial charge < -0.3 is 4.74 Å². The van der Waals surface area contributed by atoms with Crippen molar-refractivity contribution in [1.82, 2.24) is 9.71 Å². The first-order chi connectivity index (χ1) is 12.5. The highest BCUT2D eigenvalue weighted by Gasteiger charge is 2.15. The van der Waals surface area contributed by atoms with Gasteiger partial charge in [0.25, 0.3) is 0 Å². The van der Waals surface area contributed by atoms with Crippen molar-refractivity contribution in [2.75, 3.05) is 7.11 Å². The molecule has 134 valence electrons. The molecule has 6 heteroatoms. The maximum absolute atomic E-state index is 12.5. The minimum Gasteiger partial charge on any atom is -0.497 e. The van der Waals surface area contributed by atoms with Crippen molar-refractivity contribution in [1.29, 1.82) is 0 Å². The fraction of sp³-hybridized carbons (Fsp3) is 0.150. The summed E-state index contributed by atoms with van der Waals surface area (Å²) >= 11 is 0. The Hall–Kier alpha value is -2.70. The minimum absolute atomic E-state index is 0.158. The van der Waals surface area contributed by atoms with Crippen LogP contribution in [-0.2, 0) is 16.6 Å². The minimum atomic E-state index is -3.62. The molecule has 2 aromatic carbocycles. The van der Waals surface area contributed by atoms with Crippen molar-refractivity contribution in [3.63, 3.8) is 0 Å². The third kappa shape index (κ3) is 4.09. The third-order valence-electron chi connectivity index (χ3n) is 4.04. The summed E-state index contributed by atoms with van der Waals surface area (Å²) < 4.78 is 32.8. The highest BCUT2D eigenvalue weighted by atomic mass is 32.2. The lowest BCUT2D eigenvalue weighted by Gasteiger charge is -2.11. The van der Waals surface area contributed by atoms with Crippen molar-refractivity contribution in [2.45, 2.75) is 18.4 Å². The number of benzene rings is 2. The van der Waals surface area contributed by atoms with Crippen molar-refractivity contribution < 1.29 is 13.2 Å². The lowest BCUT2D eigenvalue weighted by Crippen LogP contribution is -2.23. The van der Waals surface area contributed by atoms with Crippen molar-refractivity contribution in [2.24, 2.45) is 0 Å². The van der Waals surface area contributed by atoms with Gasteiger partial charge >= 0.3 is 0 Å². The molecule has 0 amide bonds. The molecule has 0 aliphatic rings. The molecule has 0 aliphatic heterocycles. The van der Waals surface area contributed by atoms with Gasteiger partial charge in [0.05, 0.1) is 17.7 Å². The highest BCUT2D eigenvalue weighted by molar-refractivity contribution is 7.89. The number of hydrogen-bond donors (Lipinski definition) is 1. The maximum atomic E-state index is 12.5. The van der Waals surface area contributed by atoms with Crippen LogP contribution in [0.15, 0.2) is 71.8 Å². The van der Waals surface area contributed by atoms with E-state index in [4.69, 9.17) is 4.74 Å². The first kappa shape index (κ1) is 18.1. The normalized spacial score (nSPS) is 11.3. The second kappa shape index (κ2) is 7.68. The first-order valence-corrected chi connectivity index (χ1v) is 9.62. The Morgan fingerprint density at radius 1 is 1.00 bits per heavy atom. The van der Waals surface area contributed by atoms with Crippen LogP contribution >= 0.6 is 0 Å². The topological polar surface area (TPSA) is 68.3 Å². The zero-order chi connectivity index (χ0) is 18.6. The molecule has 1 heterocycles. The van der Waals surface area contributed by atoms with Gasteiger partial charge in [0.15, 0.2) is 0 Å². The molecule has 26 heavy (non-hydrogen) atoms. The summed E-state index contributed by atoms with van der Waals surface area (Å²) in [5, 5.41) is 0. The van der Waals surface area contributed by atoms with Crippen LogP contribution in [0.3, 0.4) is 0 Å². The van der Waals surface area contributed by atoms with E-state index in [9.17, 15) is 8.42 Å². The first-order valence-electron chi connectivity index (χ1n) is 8.14. The van der Waals surface area contributed by atoms with Crippen molar-refractivity contribution in [3.8, 4) is 17.0 Å². The number of nitrogens with one attached hydrogen (secondary N) is 1. The quantitative estimate of drug-likeness (QED) is 0.722. The van der Waals surface area contributed by atoms with Crippen LogP contribution in [0, 0.1) is 6.92 Å². The van der Waals surface area contributed by atoms with Gasteiger partial charge in [-0.1, -0.05) is 35.9 Å². The predicted octanol–water partition coefficient (Wildman–Crippen LogP) is 3.54. The maximum Gasteiger partial charge on any atom is 0.240 e. The van der Waals surface area contributed by atoms with Gasteiger partial charge in [0.2, 0.25) is 10.0 Å². The fourth-order valence-corrected chi connectivity index (χ4v) is 3.57. The van der Waals surface area contributed by atoms with Gasteiger partial charge in [-0.15, -0.1) is 0 Å². The standard InChI is InChI=1S/C20H20N2O3S/c1-15-5-7-16(8-6-15)20-17(4-3-13-21-20)14-22-26(23,24)19-11-9-18(25-2)10-12-19/h3-13,22H,14H2,1-2H3. The van der Waals surface area contributed by atoms with Gasteiger partial charge in [-0.2, -0.15) is 0 Å². The van der Waals surface area contributed by atoms with E-state index in [0.29, 0.717) is 5.75 Å². The summed E-state index contributed by atoms with van der Waals surface area (Å²) in [6.07, 6.45) is 1.71. The summed E-state index contributed by atoms with van der Waals surface area (Å²) in [7, 11) is -2.08. The summed E-state index contributed by atoms with van der Waals surface area (Å²) in [6.45, 7) is 2.18. The Kier molecular flexibility index (Phi) is 5.35. The molecule has 1 aromatic heterocycles. The van der Waals surface area contributed by atoms with Crippen LogP contribution < -0.4 is 9.46 Å². The van der Waals surface area contributed by atoms with E-state index < -0.39 is 10.0 Å². The number of sulfonamides is 1. The number of nitrogens with zero attached hydrogens (tertiary/aromatic N) is 1. The molecule has 0 spiro atoms. The second-order valence-corrected chi connectivity index (χ2v) is 7.64. The molecule has 0 unspecified atom stereocenters. The van der Waals surface area contributed by atoms with Crippen LogP contribution in [0.1, 0.15) is 11.1 Å². The molecule has 3 aromatic rings. The van der Waals surface area contributed by atoms with E-state index in [1.54, 1.807) is 24.4 Å². The number of ether oxygens (including phenoxy) is 1. The monoisotopic (exact) mass is 368 g/mol. The average molecular weight is 368 g/mol. The van der Waals surface area contributed by atoms with E-state index in [1.807, 2.05) is 37.3 Å². The predicted molar refractivity (Wildman–Crippen MR) is 101 cm³/mol. The summed E-state index contributed by atoms with van der Waals surface area (Å²) in [6, 6.07) is 17.9. The van der Waals surface area contributed by atoms with Gasteiger partial charge in [0, 0.05) is 18.3 Å². The van der Waals surface area contributed by atoms with Crippen LogP contribution in [0.2, 0.25) is 0 Å². The zero-order valence-corrected chi connectivity index (χ0v) is 15.5. The van der Waals surface area contributed by atoms with E-state index in [1.165, 1.54) is 19.2 Å². The van der Waals surface area contributed by atoms with Crippen LogP contribution in [0.5, 0.6) is 5.75 Å². The second-order valence-electron chi connectivity index (χ2n) is 5.88. The van der Waals surface area contributed by atoms with E-state index in [0.717, 1.165) is 22.4 Å². The Balaban J connectivity index is 1.82. The number of aromatic nitrogens is 1. The van der Waals surface area contributed by atoms with E-state index in [-0.39, 0.29) is 11.4 Å². The highest BCUT2D eigenvalue weighted by Crippen LogP contribution is 2.22. The number of hydrogen-bond acceptors (Lipinski definition) is 4. The SMILES string of the molecule is COc1ccc(S(=O)(=O)NCc2cccnc2-c2ccc(C)cc2)cc1. The fourth-order valence-electron chi connectivity index (χ4n) is 2.56. The van der Waals surface area contributed by atoms with Gasteiger partial charge in [-0.05, 0) is 42.8 Å². The lowest BCUT2D eigenvalue weighted by atomic mass is 10.0. The Bertz CT molecular complexity index is 982. The van der Waals surface area contributed by atoms with Crippen LogP contribution in [-0.4, -0.2) is 20.5 Å². The molecule has 3 rings (SSSR count). The van der Waals surface area contributed by atoms with Gasteiger partial charge in [-0.25, -0.2) is 13.1 Å². The molecule has 1 N–H and O–H groups in total. The summed E-state index contributed by atoms with van der Waals surface area (Å²) in [4.78, 5) is 4.62. The average Bonchev–Trinajstić information content (AvgIpc) is 2.67. The molecule has 0 saturated heterocycles. The number of pyridine rings is 1. The smallest absolute Gasteiger partial charge is 0.240 e. The molecule has 0 fully saturated rings. The molecule has 0 bridgehead atoms. The van der Waals surface area contributed by atoms with E-state index in [2.05, 4.69) is 9.71 Å². The van der Waals surface area contributed by atoms with Crippen molar-refractivity contribution >= 4 is 10.0 Å². The van der Waals surface area contributed by atoms with Gasteiger partial charge in [0.1, 0.15) is 5.75 Å². The number of aryl methyl sites for hydroxylation is 1. The zero-order valence-electron chi connectivity index (χ0n) is 14.6. The third-order valence-corrected chi connectivity index (χ3v) is 5.46. The van der Waals surface area contributed by atoms with Gasteiger partial charge in [-0.3, -0.25) is 4.98 Å². The molecular formula is C20H20N2O3S. The summed E-state index contributed by atoms with van der Waals surface area (Å²) in [5.41, 5.74) is 3.69. The molecule has 0 saturated carbocycles. The molecule has 5 nitrogen and oxygen atoms in total. The molecule has 0 aliphatic carbocycles. The Morgan fingerprint density at radius 2 is 1.69 bits per heavy atom. The lowest BCUT2D eigenvalue weighted by molar-refractivity contribution is 0.414. The number of methoxy groups -OCH3 is 1. The van der Waals surface area contributed by atoms with Crippen LogP contribution in [0.25, 0.3) is 11.3 Å². The van der Waals surface area contributed by atoms with Crippen molar-refractivity contribution in [3.05, 3.63) is 78.0 Å². The Labute approximate surface area is 153 Å². The number of rotatable bonds is 6.